The molecule has 20 heavy (non-hydrogen) atoms. The number of hydrogen-bond donors (Lipinski definition) is 0. The molecule has 0 N–H and O–H groups in total. The normalized spacial score (nSPS) is 9.10. The van der Waals surface area contributed by atoms with E-state index in [2.05, 4.69) is 0 Å². The van der Waals surface area contributed by atoms with E-state index in [-0.39, 0.29) is 16.9 Å². The van der Waals surface area contributed by atoms with Gasteiger partial charge in [0.15, 0.2) is 5.78 Å². The molecule has 2 aromatic carbocycles. The number of allylic oxidation sites excluding steroid dienone is 2. The second kappa shape index (κ2) is 6.13. The minimum atomic E-state index is -0.324. The molecular formula is C17H10N2O. The van der Waals surface area contributed by atoms with Crippen LogP contribution in [0.5, 0.6) is 0 Å². The van der Waals surface area contributed by atoms with Crippen molar-refractivity contribution in [2.75, 3.05) is 0 Å². The first-order chi connectivity index (χ1) is 9.77. The van der Waals surface area contributed by atoms with Gasteiger partial charge in [-0.25, -0.2) is 0 Å². The summed E-state index contributed by atoms with van der Waals surface area (Å²) in [7, 11) is 0. The fourth-order valence-electron chi connectivity index (χ4n) is 1.86. The molecule has 0 spiro atoms. The minimum Gasteiger partial charge on any atom is -0.289 e. The number of hydrogen-bond acceptors (Lipinski definition) is 3. The summed E-state index contributed by atoms with van der Waals surface area (Å²) in [5, 5.41) is 18.1. The van der Waals surface area contributed by atoms with Gasteiger partial charge in [-0.05, 0) is 5.56 Å². The fourth-order valence-corrected chi connectivity index (χ4v) is 1.86. The Hall–Kier alpha value is -3.17. The van der Waals surface area contributed by atoms with Gasteiger partial charge in [0, 0.05) is 5.56 Å². The Morgan fingerprint density at radius 3 is 1.65 bits per heavy atom. The largest absolute Gasteiger partial charge is 0.289 e. The second-order valence-electron chi connectivity index (χ2n) is 4.03. The van der Waals surface area contributed by atoms with Gasteiger partial charge in [-0.2, -0.15) is 10.5 Å². The lowest BCUT2D eigenvalue weighted by Gasteiger charge is -2.07. The van der Waals surface area contributed by atoms with Crippen molar-refractivity contribution >= 4 is 11.4 Å². The number of ketones is 1. The van der Waals surface area contributed by atoms with Crippen molar-refractivity contribution in [3.63, 3.8) is 0 Å². The molecule has 2 aromatic rings. The maximum Gasteiger partial charge on any atom is 0.195 e. The second-order valence-corrected chi connectivity index (χ2v) is 4.03. The van der Waals surface area contributed by atoms with Crippen molar-refractivity contribution in [3.05, 3.63) is 77.4 Å². The number of nitriles is 2. The van der Waals surface area contributed by atoms with E-state index >= 15 is 0 Å². The summed E-state index contributed by atoms with van der Waals surface area (Å²) in [6.07, 6.45) is 0. The van der Waals surface area contributed by atoms with E-state index in [4.69, 9.17) is 10.5 Å². The molecule has 0 aliphatic heterocycles. The van der Waals surface area contributed by atoms with E-state index in [0.29, 0.717) is 11.1 Å². The minimum absolute atomic E-state index is 0.141. The quantitative estimate of drug-likeness (QED) is 0.481. The molecule has 0 amide bonds. The lowest BCUT2D eigenvalue weighted by atomic mass is 9.93. The molecule has 94 valence electrons. The van der Waals surface area contributed by atoms with Crippen molar-refractivity contribution < 1.29 is 4.79 Å². The van der Waals surface area contributed by atoms with Crippen LogP contribution in [0.1, 0.15) is 15.9 Å². The molecule has 0 aromatic heterocycles. The monoisotopic (exact) mass is 258 g/mol. The zero-order chi connectivity index (χ0) is 14.4. The Balaban J connectivity index is 2.62. The Morgan fingerprint density at radius 1 is 0.750 bits per heavy atom. The Morgan fingerprint density at radius 2 is 1.20 bits per heavy atom. The topological polar surface area (TPSA) is 64.7 Å². The van der Waals surface area contributed by atoms with Crippen LogP contribution in [-0.2, 0) is 0 Å². The van der Waals surface area contributed by atoms with Crippen molar-refractivity contribution in [2.45, 2.75) is 0 Å². The van der Waals surface area contributed by atoms with Gasteiger partial charge in [0.05, 0.1) is 5.57 Å². The van der Waals surface area contributed by atoms with Crippen LogP contribution < -0.4 is 0 Å². The van der Waals surface area contributed by atoms with Gasteiger partial charge in [-0.1, -0.05) is 60.7 Å². The average molecular weight is 258 g/mol. The van der Waals surface area contributed by atoms with Crippen LogP contribution in [0, 0.1) is 22.7 Å². The first-order valence-electron chi connectivity index (χ1n) is 5.97. The van der Waals surface area contributed by atoms with Gasteiger partial charge >= 0.3 is 0 Å². The molecular weight excluding hydrogens is 248 g/mol. The number of rotatable bonds is 3. The highest BCUT2D eigenvalue weighted by Gasteiger charge is 2.19. The van der Waals surface area contributed by atoms with E-state index < -0.39 is 0 Å². The maximum absolute atomic E-state index is 12.5. The zero-order valence-electron chi connectivity index (χ0n) is 10.6. The van der Waals surface area contributed by atoms with E-state index in [1.807, 2.05) is 6.07 Å². The van der Waals surface area contributed by atoms with Gasteiger partial charge in [-0.15, -0.1) is 0 Å². The predicted octanol–water partition coefficient (Wildman–Crippen LogP) is 3.37. The van der Waals surface area contributed by atoms with E-state index in [1.165, 1.54) is 0 Å². The Bertz CT molecular complexity index is 716. The zero-order valence-corrected chi connectivity index (χ0v) is 10.6. The highest BCUT2D eigenvalue weighted by molar-refractivity contribution is 6.30. The summed E-state index contributed by atoms with van der Waals surface area (Å²) >= 11 is 0. The SMILES string of the molecule is N#CC(C#N)=C(C(=O)c1ccccc1)c1ccccc1. The molecule has 0 unspecified atom stereocenters. The maximum atomic E-state index is 12.5. The van der Waals surface area contributed by atoms with Crippen LogP contribution in [0.25, 0.3) is 5.57 Å². The fraction of sp³-hybridized carbons (Fsp3) is 0. The first kappa shape index (κ1) is 13.3. The standard InChI is InChI=1S/C17H10N2O/c18-11-15(12-19)16(13-7-3-1-4-8-13)17(20)14-9-5-2-6-10-14/h1-10H. The molecule has 0 aliphatic carbocycles. The molecule has 2 rings (SSSR count). The summed E-state index contributed by atoms with van der Waals surface area (Å²) in [6.45, 7) is 0. The molecule has 0 heterocycles. The van der Waals surface area contributed by atoms with Crippen molar-refractivity contribution in [2.24, 2.45) is 0 Å². The van der Waals surface area contributed by atoms with Gasteiger partial charge in [0.1, 0.15) is 17.7 Å². The number of nitrogens with zero attached hydrogens (tertiary/aromatic N) is 2. The van der Waals surface area contributed by atoms with Crippen LogP contribution in [0.2, 0.25) is 0 Å². The summed E-state index contributed by atoms with van der Waals surface area (Å²) in [4.78, 5) is 12.5. The molecule has 0 atom stereocenters. The highest BCUT2D eigenvalue weighted by atomic mass is 16.1. The smallest absolute Gasteiger partial charge is 0.195 e. The van der Waals surface area contributed by atoms with E-state index in [1.54, 1.807) is 66.7 Å². The molecule has 0 radical (unpaired) electrons. The van der Waals surface area contributed by atoms with Crippen molar-refractivity contribution in [1.82, 2.24) is 0 Å². The van der Waals surface area contributed by atoms with E-state index in [9.17, 15) is 4.79 Å². The third-order valence-corrected chi connectivity index (χ3v) is 2.80. The number of carbonyl (C=O) groups is 1. The number of carbonyl (C=O) groups excluding carboxylic acids is 1. The lowest BCUT2D eigenvalue weighted by Crippen LogP contribution is -2.05. The van der Waals surface area contributed by atoms with Crippen LogP contribution >= 0.6 is 0 Å². The van der Waals surface area contributed by atoms with Crippen LogP contribution in [0.15, 0.2) is 66.2 Å². The molecule has 3 heteroatoms. The average Bonchev–Trinajstić information content (AvgIpc) is 2.53. The third kappa shape index (κ3) is 2.63. The van der Waals surface area contributed by atoms with Crippen LogP contribution in [0.4, 0.5) is 0 Å². The summed E-state index contributed by atoms with van der Waals surface area (Å²) < 4.78 is 0. The van der Waals surface area contributed by atoms with Gasteiger partial charge < -0.3 is 0 Å². The molecule has 0 bridgehead atoms. The third-order valence-electron chi connectivity index (χ3n) is 2.80. The number of benzene rings is 2. The summed E-state index contributed by atoms with van der Waals surface area (Å²) in [6, 6.07) is 21.0. The van der Waals surface area contributed by atoms with E-state index in [0.717, 1.165) is 0 Å². The molecule has 0 saturated carbocycles. The molecule has 0 aliphatic rings. The van der Waals surface area contributed by atoms with Gasteiger partial charge in [0.25, 0.3) is 0 Å². The van der Waals surface area contributed by atoms with Gasteiger partial charge in [-0.3, -0.25) is 4.79 Å². The van der Waals surface area contributed by atoms with Crippen molar-refractivity contribution in [1.29, 1.82) is 10.5 Å². The van der Waals surface area contributed by atoms with Crippen molar-refractivity contribution in [3.8, 4) is 12.1 Å². The lowest BCUT2D eigenvalue weighted by molar-refractivity contribution is 0.105. The summed E-state index contributed by atoms with van der Waals surface area (Å²) in [5.41, 5.74) is 0.987. The molecule has 0 fully saturated rings. The molecule has 3 nitrogen and oxygen atoms in total. The van der Waals surface area contributed by atoms with Crippen LogP contribution in [0.3, 0.4) is 0 Å². The predicted molar refractivity (Wildman–Crippen MR) is 75.4 cm³/mol. The highest BCUT2D eigenvalue weighted by Crippen LogP contribution is 2.23. The number of Topliss-reactive ketones (excluding diaryl/α,β-unsaturated/α-hetero) is 1. The Labute approximate surface area is 117 Å². The molecule has 0 saturated heterocycles. The first-order valence-corrected chi connectivity index (χ1v) is 5.97. The van der Waals surface area contributed by atoms with Crippen LogP contribution in [-0.4, -0.2) is 5.78 Å². The van der Waals surface area contributed by atoms with Gasteiger partial charge in [0.2, 0.25) is 0 Å². The summed E-state index contributed by atoms with van der Waals surface area (Å²) in [5.74, 6) is -0.324. The Kier molecular flexibility index (Phi) is 4.07.